The Balaban J connectivity index is 1.62. The molecule has 4 aromatic rings. The molecule has 10 nitrogen and oxygen atoms in total. The molecule has 2 aromatic heterocycles. The minimum absolute atomic E-state index is 0.148. The van der Waals surface area contributed by atoms with E-state index in [-0.39, 0.29) is 23.5 Å². The highest BCUT2D eigenvalue weighted by Crippen LogP contribution is 2.30. The van der Waals surface area contributed by atoms with Crippen molar-refractivity contribution in [3.8, 4) is 5.75 Å². The van der Waals surface area contributed by atoms with Crippen LogP contribution in [-0.4, -0.2) is 45.9 Å². The predicted octanol–water partition coefficient (Wildman–Crippen LogP) is 3.05. The molecule has 192 valence electrons. The molecule has 8 N–H and O–H groups in total. The number of fused-ring (bicyclic) bond motifs is 1. The predicted molar refractivity (Wildman–Crippen MR) is 146 cm³/mol. The van der Waals surface area contributed by atoms with Gasteiger partial charge in [0.1, 0.15) is 29.4 Å². The van der Waals surface area contributed by atoms with Gasteiger partial charge in [0.15, 0.2) is 0 Å². The molecule has 2 heterocycles. The molecule has 0 aliphatic carbocycles. The summed E-state index contributed by atoms with van der Waals surface area (Å²) < 4.78 is 7.42. The summed E-state index contributed by atoms with van der Waals surface area (Å²) in [4.78, 5) is 21.6. The third-order valence-electron chi connectivity index (χ3n) is 6.44. The number of amides is 1. The molecule has 0 bridgehead atoms. The van der Waals surface area contributed by atoms with Crippen LogP contribution in [0.1, 0.15) is 41.4 Å². The molecular formula is C27H33N8O2+. The van der Waals surface area contributed by atoms with Crippen LogP contribution >= 0.6 is 0 Å². The van der Waals surface area contributed by atoms with Crippen molar-refractivity contribution in [3.63, 3.8) is 0 Å². The Kier molecular flexibility index (Phi) is 7.69. The van der Waals surface area contributed by atoms with Crippen molar-refractivity contribution in [3.05, 3.63) is 71.7 Å². The average Bonchev–Trinajstić information content (AvgIpc) is 3.25. The molecule has 0 fully saturated rings. The summed E-state index contributed by atoms with van der Waals surface area (Å²) in [6, 6.07) is 15.0. The van der Waals surface area contributed by atoms with Crippen LogP contribution < -0.4 is 26.8 Å². The lowest BCUT2D eigenvalue weighted by atomic mass is 10.0. The Morgan fingerprint density at radius 3 is 2.70 bits per heavy atom. The number of nitrogens with zero attached hydrogens (tertiary/aromatic N) is 3. The van der Waals surface area contributed by atoms with Crippen molar-refractivity contribution in [1.29, 1.82) is 5.41 Å². The zero-order valence-corrected chi connectivity index (χ0v) is 21.3. The fourth-order valence-electron chi connectivity index (χ4n) is 4.36. The van der Waals surface area contributed by atoms with E-state index in [1.165, 1.54) is 13.4 Å². The van der Waals surface area contributed by atoms with Gasteiger partial charge in [-0.1, -0.05) is 31.2 Å². The van der Waals surface area contributed by atoms with E-state index in [1.54, 1.807) is 18.2 Å². The van der Waals surface area contributed by atoms with Crippen molar-refractivity contribution in [2.24, 2.45) is 7.05 Å². The van der Waals surface area contributed by atoms with E-state index >= 15 is 0 Å². The highest BCUT2D eigenvalue weighted by Gasteiger charge is 2.21. The number of nitrogens with two attached hydrogens (primary N) is 1. The van der Waals surface area contributed by atoms with Gasteiger partial charge in [-0.2, -0.15) is 0 Å². The second kappa shape index (κ2) is 11.1. The number of nitrogens with one attached hydrogen (secondary N) is 3. The van der Waals surface area contributed by atoms with E-state index in [0.29, 0.717) is 34.1 Å². The minimum atomic E-state index is -0.261. The van der Waals surface area contributed by atoms with Gasteiger partial charge < -0.3 is 31.4 Å². The first-order valence-corrected chi connectivity index (χ1v) is 12.2. The number of rotatable bonds is 10. The summed E-state index contributed by atoms with van der Waals surface area (Å²) in [7, 11) is 3.38. The van der Waals surface area contributed by atoms with Gasteiger partial charge in [-0.05, 0) is 30.7 Å². The second-order valence-corrected chi connectivity index (χ2v) is 8.77. The van der Waals surface area contributed by atoms with Crippen molar-refractivity contribution in [1.82, 2.24) is 14.5 Å². The lowest BCUT2D eigenvalue weighted by Gasteiger charge is -2.19. The van der Waals surface area contributed by atoms with E-state index in [0.717, 1.165) is 30.3 Å². The molecule has 0 saturated carbocycles. The van der Waals surface area contributed by atoms with Gasteiger partial charge in [0, 0.05) is 36.0 Å². The van der Waals surface area contributed by atoms with Crippen LogP contribution in [0.3, 0.4) is 0 Å². The second-order valence-electron chi connectivity index (χ2n) is 8.77. The summed E-state index contributed by atoms with van der Waals surface area (Å²) in [5, 5.41) is 16.2. The van der Waals surface area contributed by atoms with Crippen LogP contribution in [0, 0.1) is 5.41 Å². The van der Waals surface area contributed by atoms with Crippen LogP contribution in [0.5, 0.6) is 5.75 Å². The lowest BCUT2D eigenvalue weighted by Crippen LogP contribution is -2.51. The minimum Gasteiger partial charge on any atom is -0.495 e. The number of aryl methyl sites for hydroxylation is 1. The molecule has 0 spiro atoms. The quantitative estimate of drug-likeness (QED) is 0.210. The topological polar surface area (TPSA) is 159 Å². The Morgan fingerprint density at radius 1 is 1.22 bits per heavy atom. The van der Waals surface area contributed by atoms with Crippen LogP contribution in [0.25, 0.3) is 10.9 Å². The molecule has 1 amide bonds. The molecule has 0 aliphatic rings. The number of anilines is 3. The van der Waals surface area contributed by atoms with Crippen LogP contribution in [-0.2, 0) is 7.05 Å². The average molecular weight is 502 g/mol. The van der Waals surface area contributed by atoms with Gasteiger partial charge in [0.2, 0.25) is 0 Å². The zero-order chi connectivity index (χ0) is 26.5. The molecule has 2 aromatic carbocycles. The van der Waals surface area contributed by atoms with Gasteiger partial charge in [0.25, 0.3) is 5.91 Å². The summed E-state index contributed by atoms with van der Waals surface area (Å²) in [5.41, 5.74) is 13.2. The number of benzene rings is 2. The largest absolute Gasteiger partial charge is 0.495 e. The highest BCUT2D eigenvalue weighted by atomic mass is 16.5. The van der Waals surface area contributed by atoms with E-state index < -0.39 is 0 Å². The smallest absolute Gasteiger partial charge is 0.272 e. The lowest BCUT2D eigenvalue weighted by molar-refractivity contribution is -0.368. The number of carbonyl (C=O) groups excluding carboxylic acids is 1. The number of para-hydroxylation sites is 1. The maximum atomic E-state index is 13.1. The van der Waals surface area contributed by atoms with E-state index in [4.69, 9.17) is 15.9 Å². The number of carbonyl (C=O) groups is 1. The maximum Gasteiger partial charge on any atom is 0.272 e. The number of aromatic nitrogens is 3. The van der Waals surface area contributed by atoms with Gasteiger partial charge in [-0.3, -0.25) is 10.2 Å². The standard InChI is InChI=1S/C27H32N8O2/c1-4-18(11-12-28)33-26-23(25(30)31-15-32-26)24(29)17-9-10-19(22(14-17)37-3)34-27(36)21-13-16-7-5-6-8-20(16)35(21)2/h5-10,13-15,18,29H,4,11-12,28H2,1-3H3,(H,34,36)(H3,30,31,32,33)/p+1. The van der Waals surface area contributed by atoms with Gasteiger partial charge >= 0.3 is 0 Å². The fourth-order valence-corrected chi connectivity index (χ4v) is 4.36. The molecule has 4 rings (SSSR count). The first kappa shape index (κ1) is 25.6. The third-order valence-corrected chi connectivity index (χ3v) is 6.44. The molecule has 1 unspecified atom stereocenters. The summed E-state index contributed by atoms with van der Waals surface area (Å²) in [6.07, 6.45) is 3.13. The molecule has 0 saturated heterocycles. The maximum absolute atomic E-state index is 13.1. The molecule has 10 heteroatoms. The first-order valence-electron chi connectivity index (χ1n) is 12.2. The molecule has 1 atom stereocenters. The molecular weight excluding hydrogens is 468 g/mol. The van der Waals surface area contributed by atoms with Crippen molar-refractivity contribution < 1.29 is 15.3 Å². The normalized spacial score (nSPS) is 11.8. The van der Waals surface area contributed by atoms with Crippen molar-refractivity contribution in [2.75, 3.05) is 30.0 Å². The van der Waals surface area contributed by atoms with Gasteiger partial charge in [0.05, 0.1) is 30.6 Å². The summed E-state index contributed by atoms with van der Waals surface area (Å²) in [5.74, 6) is 0.870. The van der Waals surface area contributed by atoms with Crippen LogP contribution in [0.4, 0.5) is 17.3 Å². The van der Waals surface area contributed by atoms with Gasteiger partial charge in [-0.25, -0.2) is 9.97 Å². The number of quaternary nitrogens is 1. The van der Waals surface area contributed by atoms with Crippen LogP contribution in [0.2, 0.25) is 0 Å². The Bertz CT molecular complexity index is 1450. The van der Waals surface area contributed by atoms with Crippen molar-refractivity contribution >= 4 is 39.8 Å². The SMILES string of the molecule is CCC(CC[NH3+])Nc1ncnc(N)c1C(=N)c1ccc(NC(=O)c2cc3ccccc3n2C)c(OC)c1. The number of nitrogen functional groups attached to an aromatic ring is 1. The Labute approximate surface area is 215 Å². The highest BCUT2D eigenvalue weighted by molar-refractivity contribution is 6.16. The first-order chi connectivity index (χ1) is 17.9. The number of methoxy groups -OCH3 is 1. The van der Waals surface area contributed by atoms with E-state index in [2.05, 4.69) is 33.3 Å². The fraction of sp³-hybridized carbons (Fsp3) is 0.259. The number of hydrogen-bond donors (Lipinski definition) is 5. The zero-order valence-electron chi connectivity index (χ0n) is 21.3. The summed E-state index contributed by atoms with van der Waals surface area (Å²) in [6.45, 7) is 2.86. The monoisotopic (exact) mass is 501 g/mol. The van der Waals surface area contributed by atoms with Gasteiger partial charge in [-0.15, -0.1) is 0 Å². The third kappa shape index (κ3) is 5.24. The summed E-state index contributed by atoms with van der Waals surface area (Å²) >= 11 is 0. The molecule has 0 radical (unpaired) electrons. The molecule has 37 heavy (non-hydrogen) atoms. The van der Waals surface area contributed by atoms with Crippen LogP contribution in [0.15, 0.2) is 54.9 Å². The van der Waals surface area contributed by atoms with E-state index in [1.807, 2.05) is 41.9 Å². The van der Waals surface area contributed by atoms with E-state index in [9.17, 15) is 4.79 Å². The molecule has 0 aliphatic heterocycles. The number of ether oxygens (including phenoxy) is 1. The Morgan fingerprint density at radius 2 is 2.00 bits per heavy atom. The van der Waals surface area contributed by atoms with Crippen molar-refractivity contribution in [2.45, 2.75) is 25.8 Å². The number of hydrogen-bond acceptors (Lipinski definition) is 7. The Hall–Kier alpha value is -4.44.